The van der Waals surface area contributed by atoms with Gasteiger partial charge < -0.3 is 5.32 Å². The monoisotopic (exact) mass is 322 g/mol. The fourth-order valence-corrected chi connectivity index (χ4v) is 3.75. The third kappa shape index (κ3) is 2.42. The molecule has 1 atom stereocenters. The van der Waals surface area contributed by atoms with Crippen LogP contribution in [-0.2, 0) is 0 Å². The molecule has 0 radical (unpaired) electrons. The van der Waals surface area contributed by atoms with E-state index in [1.807, 2.05) is 7.05 Å². The van der Waals surface area contributed by atoms with Crippen LogP contribution < -0.4 is 5.32 Å². The van der Waals surface area contributed by atoms with E-state index in [1.165, 1.54) is 15.6 Å². The highest BCUT2D eigenvalue weighted by atomic mass is 35.5. The molecule has 0 aliphatic heterocycles. The standard InChI is InChI=1S/C15H12Cl2N2S/c1-18-13(14-12(17)7-10(16)8-19-14)11-4-2-3-9-5-6-20-15(9)11/h2-8,13,18H,1H3. The van der Waals surface area contributed by atoms with Crippen molar-refractivity contribution in [3.05, 3.63) is 63.2 Å². The van der Waals surface area contributed by atoms with Crippen LogP contribution in [0.5, 0.6) is 0 Å². The maximum atomic E-state index is 6.29. The van der Waals surface area contributed by atoms with Gasteiger partial charge in [-0.25, -0.2) is 0 Å². The molecule has 0 aliphatic rings. The molecule has 0 fully saturated rings. The highest BCUT2D eigenvalue weighted by molar-refractivity contribution is 7.17. The molecule has 2 heterocycles. The first-order valence-electron chi connectivity index (χ1n) is 6.15. The molecule has 3 aromatic rings. The average Bonchev–Trinajstić information content (AvgIpc) is 2.91. The largest absolute Gasteiger partial charge is 0.308 e. The van der Waals surface area contributed by atoms with Gasteiger partial charge in [0.05, 0.1) is 21.8 Å². The Balaban J connectivity index is 2.16. The van der Waals surface area contributed by atoms with E-state index in [4.69, 9.17) is 23.2 Å². The predicted molar refractivity (Wildman–Crippen MR) is 87.0 cm³/mol. The van der Waals surface area contributed by atoms with Crippen LogP contribution in [0.15, 0.2) is 41.9 Å². The van der Waals surface area contributed by atoms with Crippen molar-refractivity contribution in [2.24, 2.45) is 0 Å². The Hall–Kier alpha value is -1.13. The number of aromatic nitrogens is 1. The second kappa shape index (κ2) is 5.70. The molecule has 102 valence electrons. The van der Waals surface area contributed by atoms with Crippen molar-refractivity contribution in [2.45, 2.75) is 6.04 Å². The Morgan fingerprint density at radius 3 is 2.85 bits per heavy atom. The van der Waals surface area contributed by atoms with Gasteiger partial charge in [-0.3, -0.25) is 4.98 Å². The Labute approximate surface area is 131 Å². The van der Waals surface area contributed by atoms with Crippen LogP contribution in [-0.4, -0.2) is 12.0 Å². The van der Waals surface area contributed by atoms with Crippen LogP contribution >= 0.6 is 34.5 Å². The zero-order valence-corrected chi connectivity index (χ0v) is 13.1. The van der Waals surface area contributed by atoms with Crippen molar-refractivity contribution >= 4 is 44.6 Å². The molecule has 20 heavy (non-hydrogen) atoms. The van der Waals surface area contributed by atoms with Crippen LogP contribution in [0, 0.1) is 0 Å². The minimum absolute atomic E-state index is 0.0536. The molecule has 1 unspecified atom stereocenters. The van der Waals surface area contributed by atoms with Crippen molar-refractivity contribution in [3.8, 4) is 0 Å². The van der Waals surface area contributed by atoms with Gasteiger partial charge in [-0.2, -0.15) is 0 Å². The van der Waals surface area contributed by atoms with Crippen molar-refractivity contribution in [1.82, 2.24) is 10.3 Å². The highest BCUT2D eigenvalue weighted by Crippen LogP contribution is 2.34. The summed E-state index contributed by atoms with van der Waals surface area (Å²) in [5.74, 6) is 0. The van der Waals surface area contributed by atoms with E-state index in [2.05, 4.69) is 39.9 Å². The number of hydrogen-bond donors (Lipinski definition) is 1. The van der Waals surface area contributed by atoms with Crippen LogP contribution in [0.4, 0.5) is 0 Å². The minimum atomic E-state index is -0.0536. The lowest BCUT2D eigenvalue weighted by molar-refractivity contribution is 0.677. The summed E-state index contributed by atoms with van der Waals surface area (Å²) < 4.78 is 1.25. The summed E-state index contributed by atoms with van der Waals surface area (Å²) in [6.45, 7) is 0. The first-order chi connectivity index (χ1) is 9.70. The number of nitrogens with one attached hydrogen (secondary N) is 1. The summed E-state index contributed by atoms with van der Waals surface area (Å²) in [5.41, 5.74) is 1.97. The van der Waals surface area contributed by atoms with Gasteiger partial charge in [-0.15, -0.1) is 11.3 Å². The van der Waals surface area contributed by atoms with Gasteiger partial charge in [0.1, 0.15) is 0 Å². The number of benzene rings is 1. The van der Waals surface area contributed by atoms with Gasteiger partial charge in [-0.1, -0.05) is 41.4 Å². The van der Waals surface area contributed by atoms with Crippen molar-refractivity contribution in [2.75, 3.05) is 7.05 Å². The number of fused-ring (bicyclic) bond motifs is 1. The third-order valence-corrected chi connectivity index (χ3v) is 4.71. The predicted octanol–water partition coefficient (Wildman–Crippen LogP) is 4.91. The molecule has 0 spiro atoms. The van der Waals surface area contributed by atoms with Crippen LogP contribution in [0.25, 0.3) is 10.1 Å². The number of pyridine rings is 1. The summed E-state index contributed by atoms with van der Waals surface area (Å²) in [4.78, 5) is 4.39. The maximum absolute atomic E-state index is 6.29. The molecule has 1 N–H and O–H groups in total. The SMILES string of the molecule is CNC(c1ncc(Cl)cc1Cl)c1cccc2ccsc12. The molecule has 0 amide bonds. The lowest BCUT2D eigenvalue weighted by Gasteiger charge is -2.18. The molecule has 5 heteroatoms. The molecule has 2 aromatic heterocycles. The van der Waals surface area contributed by atoms with E-state index in [9.17, 15) is 0 Å². The Morgan fingerprint density at radius 1 is 1.25 bits per heavy atom. The van der Waals surface area contributed by atoms with Gasteiger partial charge in [0.2, 0.25) is 0 Å². The highest BCUT2D eigenvalue weighted by Gasteiger charge is 2.19. The fraction of sp³-hybridized carbons (Fsp3) is 0.133. The second-order valence-corrected chi connectivity index (χ2v) is 6.19. The van der Waals surface area contributed by atoms with Gasteiger partial charge >= 0.3 is 0 Å². The fourth-order valence-electron chi connectivity index (χ4n) is 2.32. The summed E-state index contributed by atoms with van der Waals surface area (Å²) in [6, 6.07) is 10.1. The zero-order chi connectivity index (χ0) is 14.1. The first kappa shape index (κ1) is 13.8. The summed E-state index contributed by atoms with van der Waals surface area (Å²) in [7, 11) is 1.91. The molecule has 3 rings (SSSR count). The quantitative estimate of drug-likeness (QED) is 0.740. The van der Waals surface area contributed by atoms with E-state index in [0.717, 1.165) is 5.69 Å². The lowest BCUT2D eigenvalue weighted by atomic mass is 10.0. The first-order valence-corrected chi connectivity index (χ1v) is 7.78. The topological polar surface area (TPSA) is 24.9 Å². The number of halogens is 2. The normalized spacial score (nSPS) is 12.8. The number of rotatable bonds is 3. The van der Waals surface area contributed by atoms with E-state index in [1.54, 1.807) is 23.6 Å². The lowest BCUT2D eigenvalue weighted by Crippen LogP contribution is -2.19. The Kier molecular flexibility index (Phi) is 3.94. The number of thiophene rings is 1. The van der Waals surface area contributed by atoms with Crippen LogP contribution in [0.2, 0.25) is 10.0 Å². The molecule has 0 bridgehead atoms. The maximum Gasteiger partial charge on any atom is 0.0806 e. The molecule has 0 aliphatic carbocycles. The van der Waals surface area contributed by atoms with Crippen LogP contribution in [0.3, 0.4) is 0 Å². The molecule has 0 saturated carbocycles. The summed E-state index contributed by atoms with van der Waals surface area (Å²) >= 11 is 13.9. The van der Waals surface area contributed by atoms with Gasteiger partial charge in [-0.05, 0) is 35.5 Å². The third-order valence-electron chi connectivity index (χ3n) is 3.22. The van der Waals surface area contributed by atoms with Crippen molar-refractivity contribution in [1.29, 1.82) is 0 Å². The Morgan fingerprint density at radius 2 is 2.10 bits per heavy atom. The molecule has 2 nitrogen and oxygen atoms in total. The van der Waals surface area contributed by atoms with E-state index in [0.29, 0.717) is 10.0 Å². The minimum Gasteiger partial charge on any atom is -0.308 e. The molecule has 1 aromatic carbocycles. The average molecular weight is 323 g/mol. The zero-order valence-electron chi connectivity index (χ0n) is 10.7. The van der Waals surface area contributed by atoms with Crippen molar-refractivity contribution in [3.63, 3.8) is 0 Å². The van der Waals surface area contributed by atoms with Crippen molar-refractivity contribution < 1.29 is 0 Å². The molecular formula is C15H12Cl2N2S. The van der Waals surface area contributed by atoms with E-state index < -0.39 is 0 Å². The smallest absolute Gasteiger partial charge is 0.0806 e. The summed E-state index contributed by atoms with van der Waals surface area (Å²) in [5, 5.41) is 7.74. The van der Waals surface area contributed by atoms with Gasteiger partial charge in [0, 0.05) is 10.9 Å². The van der Waals surface area contributed by atoms with Gasteiger partial charge in [0.15, 0.2) is 0 Å². The molecular weight excluding hydrogens is 311 g/mol. The van der Waals surface area contributed by atoms with Crippen LogP contribution in [0.1, 0.15) is 17.3 Å². The molecule has 0 saturated heterocycles. The summed E-state index contributed by atoms with van der Waals surface area (Å²) in [6.07, 6.45) is 1.63. The number of hydrogen-bond acceptors (Lipinski definition) is 3. The van der Waals surface area contributed by atoms with E-state index >= 15 is 0 Å². The second-order valence-electron chi connectivity index (χ2n) is 4.43. The Bertz CT molecular complexity index is 754. The van der Waals surface area contributed by atoms with Gasteiger partial charge in [0.25, 0.3) is 0 Å². The van der Waals surface area contributed by atoms with E-state index in [-0.39, 0.29) is 6.04 Å². The number of nitrogens with zero attached hydrogens (tertiary/aromatic N) is 1.